The summed E-state index contributed by atoms with van der Waals surface area (Å²) in [5, 5.41) is 10.9. The molecule has 116 valence electrons. The highest BCUT2D eigenvalue weighted by atomic mass is 16.5. The van der Waals surface area contributed by atoms with Crippen molar-refractivity contribution in [3.05, 3.63) is 29.8 Å². The smallest absolute Gasteiger partial charge is 0.119 e. The van der Waals surface area contributed by atoms with Crippen molar-refractivity contribution in [3.8, 4) is 5.75 Å². The van der Waals surface area contributed by atoms with E-state index in [9.17, 15) is 5.11 Å². The maximum atomic E-state index is 10.9. The Kier molecular flexibility index (Phi) is 4.20. The molecule has 2 saturated heterocycles. The largest absolute Gasteiger partial charge is 0.494 e. The molecule has 0 amide bonds. The summed E-state index contributed by atoms with van der Waals surface area (Å²) in [6.07, 6.45) is 3.77. The van der Waals surface area contributed by atoms with Crippen LogP contribution in [-0.4, -0.2) is 30.5 Å². The van der Waals surface area contributed by atoms with Crippen molar-refractivity contribution in [2.24, 2.45) is 11.1 Å². The van der Waals surface area contributed by atoms with Crippen LogP contribution in [0.15, 0.2) is 24.3 Å². The summed E-state index contributed by atoms with van der Waals surface area (Å²) in [4.78, 5) is 0. The van der Waals surface area contributed by atoms with Crippen molar-refractivity contribution >= 4 is 0 Å². The molecule has 1 aromatic rings. The van der Waals surface area contributed by atoms with Crippen LogP contribution in [0.4, 0.5) is 0 Å². The predicted molar refractivity (Wildman–Crippen MR) is 81.2 cm³/mol. The summed E-state index contributed by atoms with van der Waals surface area (Å²) in [5.74, 6) is 0.846. The van der Waals surface area contributed by atoms with Gasteiger partial charge < -0.3 is 20.3 Å². The minimum atomic E-state index is -0.571. The van der Waals surface area contributed by atoms with Crippen molar-refractivity contribution in [2.45, 2.75) is 50.9 Å². The minimum Gasteiger partial charge on any atom is -0.494 e. The summed E-state index contributed by atoms with van der Waals surface area (Å²) >= 11 is 0. The molecule has 1 aromatic carbocycles. The van der Waals surface area contributed by atoms with Gasteiger partial charge in [0.2, 0.25) is 0 Å². The SMILES string of the molecule is CCCOc1ccc(C(O)C2(CN)CC3CCC2O3)cc1. The Morgan fingerprint density at radius 3 is 2.67 bits per heavy atom. The van der Waals surface area contributed by atoms with Gasteiger partial charge >= 0.3 is 0 Å². The number of benzene rings is 1. The molecule has 4 atom stereocenters. The number of ether oxygens (including phenoxy) is 2. The molecule has 0 radical (unpaired) electrons. The van der Waals surface area contributed by atoms with E-state index in [0.717, 1.165) is 37.0 Å². The summed E-state index contributed by atoms with van der Waals surface area (Å²) in [6, 6.07) is 7.73. The first-order valence-electron chi connectivity index (χ1n) is 7.96. The zero-order chi connectivity index (χ0) is 14.9. The average Bonchev–Trinajstić information content (AvgIpc) is 3.14. The summed E-state index contributed by atoms with van der Waals surface area (Å²) in [7, 11) is 0. The second kappa shape index (κ2) is 5.95. The quantitative estimate of drug-likeness (QED) is 0.845. The lowest BCUT2D eigenvalue weighted by atomic mass is 9.68. The van der Waals surface area contributed by atoms with Crippen LogP contribution in [0.1, 0.15) is 44.3 Å². The molecule has 0 aromatic heterocycles. The second-order valence-electron chi connectivity index (χ2n) is 6.29. The summed E-state index contributed by atoms with van der Waals surface area (Å²) in [6.45, 7) is 3.26. The van der Waals surface area contributed by atoms with E-state index in [4.69, 9.17) is 15.2 Å². The van der Waals surface area contributed by atoms with Crippen molar-refractivity contribution in [2.75, 3.05) is 13.2 Å². The number of aliphatic hydroxyl groups is 1. The first-order valence-corrected chi connectivity index (χ1v) is 7.96. The number of fused-ring (bicyclic) bond motifs is 2. The lowest BCUT2D eigenvalue weighted by molar-refractivity contribution is -0.0264. The van der Waals surface area contributed by atoms with Crippen molar-refractivity contribution < 1.29 is 14.6 Å². The van der Waals surface area contributed by atoms with Gasteiger partial charge in [0, 0.05) is 12.0 Å². The average molecular weight is 291 g/mol. The number of rotatable bonds is 6. The van der Waals surface area contributed by atoms with Crippen LogP contribution in [0.3, 0.4) is 0 Å². The van der Waals surface area contributed by atoms with Crippen LogP contribution in [0.25, 0.3) is 0 Å². The molecule has 0 saturated carbocycles. The fourth-order valence-corrected chi connectivity index (χ4v) is 3.75. The fourth-order valence-electron chi connectivity index (χ4n) is 3.75. The minimum absolute atomic E-state index is 0.0958. The molecular weight excluding hydrogens is 266 g/mol. The monoisotopic (exact) mass is 291 g/mol. The maximum absolute atomic E-state index is 10.9. The van der Waals surface area contributed by atoms with Gasteiger partial charge in [-0.3, -0.25) is 0 Å². The standard InChI is InChI=1S/C17H25NO3/c1-2-9-20-13-5-3-12(4-6-13)16(19)17(11-18)10-14-7-8-15(17)21-14/h3-6,14-16,19H,2,7-11,18H2,1H3. The highest BCUT2D eigenvalue weighted by Gasteiger charge is 2.55. The van der Waals surface area contributed by atoms with Gasteiger partial charge in [-0.2, -0.15) is 0 Å². The van der Waals surface area contributed by atoms with Crippen LogP contribution < -0.4 is 10.5 Å². The van der Waals surface area contributed by atoms with E-state index >= 15 is 0 Å². The Hall–Kier alpha value is -1.10. The molecule has 4 unspecified atom stereocenters. The number of hydrogen-bond donors (Lipinski definition) is 2. The maximum Gasteiger partial charge on any atom is 0.119 e. The van der Waals surface area contributed by atoms with E-state index in [1.807, 2.05) is 24.3 Å². The topological polar surface area (TPSA) is 64.7 Å². The van der Waals surface area contributed by atoms with Gasteiger partial charge in [-0.25, -0.2) is 0 Å². The predicted octanol–water partition coefficient (Wildman–Crippen LogP) is 2.41. The molecule has 0 spiro atoms. The molecule has 2 aliphatic heterocycles. The van der Waals surface area contributed by atoms with Crippen molar-refractivity contribution in [1.82, 2.24) is 0 Å². The number of aliphatic hydroxyl groups excluding tert-OH is 1. The third kappa shape index (κ3) is 2.56. The number of nitrogens with two attached hydrogens (primary N) is 1. The van der Waals surface area contributed by atoms with E-state index in [0.29, 0.717) is 13.2 Å². The van der Waals surface area contributed by atoms with Crippen molar-refractivity contribution in [3.63, 3.8) is 0 Å². The third-order valence-corrected chi connectivity index (χ3v) is 4.95. The molecule has 3 N–H and O–H groups in total. The molecular formula is C17H25NO3. The summed E-state index contributed by atoms with van der Waals surface area (Å²) < 4.78 is 11.5. The Morgan fingerprint density at radius 2 is 2.14 bits per heavy atom. The highest BCUT2D eigenvalue weighted by molar-refractivity contribution is 5.30. The van der Waals surface area contributed by atoms with Gasteiger partial charge in [0.05, 0.1) is 24.9 Å². The molecule has 3 rings (SSSR count). The van der Waals surface area contributed by atoms with E-state index in [1.165, 1.54) is 0 Å². The van der Waals surface area contributed by atoms with Gasteiger partial charge in [0.1, 0.15) is 5.75 Å². The lowest BCUT2D eigenvalue weighted by Crippen LogP contribution is -2.44. The fraction of sp³-hybridized carbons (Fsp3) is 0.647. The summed E-state index contributed by atoms with van der Waals surface area (Å²) in [5.41, 5.74) is 6.60. The number of hydrogen-bond acceptors (Lipinski definition) is 4. The van der Waals surface area contributed by atoms with Crippen molar-refractivity contribution in [1.29, 1.82) is 0 Å². The van der Waals surface area contributed by atoms with Gasteiger partial charge in [0.15, 0.2) is 0 Å². The molecule has 2 bridgehead atoms. The molecule has 21 heavy (non-hydrogen) atoms. The van der Waals surface area contributed by atoms with Gasteiger partial charge in [0.25, 0.3) is 0 Å². The van der Waals surface area contributed by atoms with Crippen LogP contribution in [0.2, 0.25) is 0 Å². The normalized spacial score (nSPS) is 32.3. The molecule has 2 aliphatic rings. The van der Waals surface area contributed by atoms with E-state index in [-0.39, 0.29) is 17.6 Å². The van der Waals surface area contributed by atoms with Gasteiger partial charge in [-0.05, 0) is 43.4 Å². The van der Waals surface area contributed by atoms with Crippen LogP contribution >= 0.6 is 0 Å². The molecule has 2 fully saturated rings. The van der Waals surface area contributed by atoms with Crippen LogP contribution in [-0.2, 0) is 4.74 Å². The van der Waals surface area contributed by atoms with E-state index in [2.05, 4.69) is 6.92 Å². The zero-order valence-electron chi connectivity index (χ0n) is 12.6. The molecule has 2 heterocycles. The first-order chi connectivity index (χ1) is 10.2. The van der Waals surface area contributed by atoms with Crippen LogP contribution in [0.5, 0.6) is 5.75 Å². The van der Waals surface area contributed by atoms with E-state index in [1.54, 1.807) is 0 Å². The Balaban J connectivity index is 1.76. The Morgan fingerprint density at radius 1 is 1.38 bits per heavy atom. The molecule has 4 nitrogen and oxygen atoms in total. The third-order valence-electron chi connectivity index (χ3n) is 4.95. The first kappa shape index (κ1) is 14.8. The highest BCUT2D eigenvalue weighted by Crippen LogP contribution is 2.53. The second-order valence-corrected chi connectivity index (χ2v) is 6.29. The van der Waals surface area contributed by atoms with Gasteiger partial charge in [-0.15, -0.1) is 0 Å². The Labute approximate surface area is 126 Å². The van der Waals surface area contributed by atoms with E-state index < -0.39 is 6.10 Å². The van der Waals surface area contributed by atoms with Gasteiger partial charge in [-0.1, -0.05) is 19.1 Å². The lowest BCUT2D eigenvalue weighted by Gasteiger charge is -2.38. The van der Waals surface area contributed by atoms with Crippen LogP contribution in [0, 0.1) is 5.41 Å². The Bertz CT molecular complexity index is 475. The molecule has 0 aliphatic carbocycles. The molecule has 4 heteroatoms. The zero-order valence-corrected chi connectivity index (χ0v) is 12.6.